The van der Waals surface area contributed by atoms with E-state index in [9.17, 15) is 0 Å². The topological polar surface area (TPSA) is 61.8 Å². The zero-order valence-electron chi connectivity index (χ0n) is 19.1. The van der Waals surface area contributed by atoms with Crippen molar-refractivity contribution in [2.75, 3.05) is 28.4 Å². The van der Waals surface area contributed by atoms with Crippen LogP contribution in [-0.4, -0.2) is 39.2 Å². The van der Waals surface area contributed by atoms with Crippen LogP contribution < -0.4 is 23.7 Å². The summed E-state index contributed by atoms with van der Waals surface area (Å²) in [5, 5.41) is 7.05. The Morgan fingerprint density at radius 2 is 1.58 bits per heavy atom. The second-order valence-corrected chi connectivity index (χ2v) is 7.84. The van der Waals surface area contributed by atoms with Crippen LogP contribution in [0.1, 0.15) is 35.4 Å². The Morgan fingerprint density at radius 1 is 0.818 bits per heavy atom. The predicted molar refractivity (Wildman–Crippen MR) is 125 cm³/mol. The summed E-state index contributed by atoms with van der Waals surface area (Å²) < 4.78 is 28.4. The fraction of sp³-hybridized carbons (Fsp3) is 0.269. The Balaban J connectivity index is 1.60. The quantitative estimate of drug-likeness (QED) is 0.533. The highest BCUT2D eigenvalue weighted by Crippen LogP contribution is 2.51. The summed E-state index contributed by atoms with van der Waals surface area (Å²) in [4.78, 5) is 0. The lowest BCUT2D eigenvalue weighted by Crippen LogP contribution is -2.33. The van der Waals surface area contributed by atoms with Crippen LogP contribution in [0, 0.1) is 0 Å². The molecule has 0 spiro atoms. The van der Waals surface area contributed by atoms with E-state index in [1.807, 2.05) is 59.6 Å². The first kappa shape index (κ1) is 21.0. The van der Waals surface area contributed by atoms with Crippen molar-refractivity contribution in [2.45, 2.75) is 18.7 Å². The van der Waals surface area contributed by atoms with Crippen LogP contribution in [0.2, 0.25) is 0 Å². The Bertz CT molecular complexity index is 1190. The maximum Gasteiger partial charge on any atom is 0.214 e. The molecule has 7 nitrogen and oxygen atoms in total. The van der Waals surface area contributed by atoms with Gasteiger partial charge < -0.3 is 23.7 Å². The molecule has 0 saturated heterocycles. The highest BCUT2D eigenvalue weighted by atomic mass is 16.5. The number of fused-ring (bicyclic) bond motifs is 3. The maximum atomic E-state index is 6.53. The molecule has 33 heavy (non-hydrogen) atoms. The number of methoxy groups -OCH3 is 4. The molecular weight excluding hydrogens is 420 g/mol. The van der Waals surface area contributed by atoms with Gasteiger partial charge in [0.05, 0.1) is 40.2 Å². The minimum atomic E-state index is -0.450. The molecule has 170 valence electrons. The zero-order valence-corrected chi connectivity index (χ0v) is 19.1. The lowest BCUT2D eigenvalue weighted by Gasteiger charge is -2.38. The molecule has 0 aromatic heterocycles. The highest BCUT2D eigenvalue weighted by molar-refractivity contribution is 6.02. The van der Waals surface area contributed by atoms with Gasteiger partial charge in [0.25, 0.3) is 0 Å². The fourth-order valence-corrected chi connectivity index (χ4v) is 4.43. The average molecular weight is 447 g/mol. The van der Waals surface area contributed by atoms with E-state index >= 15 is 0 Å². The van der Waals surface area contributed by atoms with Crippen molar-refractivity contribution in [3.05, 3.63) is 77.4 Å². The molecular formula is C26H26N2O5. The summed E-state index contributed by atoms with van der Waals surface area (Å²) in [5.41, 5.74) is 4.01. The van der Waals surface area contributed by atoms with Crippen molar-refractivity contribution in [2.24, 2.45) is 5.10 Å². The van der Waals surface area contributed by atoms with Crippen molar-refractivity contribution in [1.82, 2.24) is 5.01 Å². The third-order valence-corrected chi connectivity index (χ3v) is 6.12. The minimum absolute atomic E-state index is 0.0130. The summed E-state index contributed by atoms with van der Waals surface area (Å²) in [5.74, 6) is 3.56. The van der Waals surface area contributed by atoms with Gasteiger partial charge in [0.15, 0.2) is 23.0 Å². The van der Waals surface area contributed by atoms with Gasteiger partial charge >= 0.3 is 0 Å². The molecule has 3 aromatic rings. The van der Waals surface area contributed by atoms with Crippen molar-refractivity contribution in [1.29, 1.82) is 0 Å². The van der Waals surface area contributed by atoms with Gasteiger partial charge in [-0.25, -0.2) is 5.01 Å². The summed E-state index contributed by atoms with van der Waals surface area (Å²) in [6.07, 6.45) is 0.300. The van der Waals surface area contributed by atoms with Crippen LogP contribution in [0.5, 0.6) is 28.7 Å². The molecule has 0 radical (unpaired) electrons. The van der Waals surface area contributed by atoms with Gasteiger partial charge in [-0.3, -0.25) is 0 Å². The van der Waals surface area contributed by atoms with Gasteiger partial charge in [0.1, 0.15) is 5.75 Å². The molecule has 0 saturated carbocycles. The third kappa shape index (κ3) is 3.59. The predicted octanol–water partition coefficient (Wildman–Crippen LogP) is 4.96. The molecule has 3 aromatic carbocycles. The van der Waals surface area contributed by atoms with E-state index in [0.29, 0.717) is 17.2 Å². The van der Waals surface area contributed by atoms with Gasteiger partial charge in [-0.1, -0.05) is 12.1 Å². The normalized spacial score (nSPS) is 18.5. The monoisotopic (exact) mass is 446 g/mol. The van der Waals surface area contributed by atoms with Crippen molar-refractivity contribution in [3.63, 3.8) is 0 Å². The van der Waals surface area contributed by atoms with Gasteiger partial charge in [-0.15, -0.1) is 0 Å². The highest BCUT2D eigenvalue weighted by Gasteiger charge is 2.42. The standard InChI is InChI=1S/C26H26N2O5/c1-29-18-11-8-16(9-12-18)20-15-21-19-6-5-7-23(31-3)25(19)33-26(28(21)27-20)17-10-13-22(30-2)24(14-17)32-4/h5-14,21,26H,15H2,1-4H3/t21-,26+/m1/s1. The van der Waals surface area contributed by atoms with Crippen LogP contribution in [0.15, 0.2) is 65.8 Å². The smallest absolute Gasteiger partial charge is 0.214 e. The first-order valence-corrected chi connectivity index (χ1v) is 10.7. The largest absolute Gasteiger partial charge is 0.497 e. The molecule has 0 unspecified atom stereocenters. The Hall–Kier alpha value is -3.87. The number of para-hydroxylation sites is 1. The molecule has 2 aliphatic rings. The van der Waals surface area contributed by atoms with E-state index in [0.717, 1.165) is 40.3 Å². The van der Waals surface area contributed by atoms with E-state index in [1.54, 1.807) is 28.4 Å². The fourth-order valence-electron chi connectivity index (χ4n) is 4.43. The number of nitrogens with zero attached hydrogens (tertiary/aromatic N) is 2. The number of hydrazone groups is 1. The summed E-state index contributed by atoms with van der Waals surface area (Å²) >= 11 is 0. The van der Waals surface area contributed by atoms with Crippen LogP contribution in [0.3, 0.4) is 0 Å². The number of benzene rings is 3. The summed E-state index contributed by atoms with van der Waals surface area (Å²) in [6, 6.07) is 19.8. The Kier molecular flexibility index (Phi) is 5.46. The van der Waals surface area contributed by atoms with Gasteiger partial charge in [0, 0.05) is 17.5 Å². The van der Waals surface area contributed by atoms with Gasteiger partial charge in [0.2, 0.25) is 6.23 Å². The lowest BCUT2D eigenvalue weighted by atomic mass is 9.95. The first-order chi connectivity index (χ1) is 16.2. The Morgan fingerprint density at radius 3 is 2.27 bits per heavy atom. The van der Waals surface area contributed by atoms with Crippen molar-refractivity contribution in [3.8, 4) is 28.7 Å². The second kappa shape index (κ2) is 8.58. The molecule has 2 heterocycles. The Labute approximate surface area is 193 Å². The van der Waals surface area contributed by atoms with Crippen molar-refractivity contribution < 1.29 is 23.7 Å². The second-order valence-electron chi connectivity index (χ2n) is 7.84. The van der Waals surface area contributed by atoms with Crippen LogP contribution in [-0.2, 0) is 0 Å². The van der Waals surface area contributed by atoms with Gasteiger partial charge in [-0.05, 0) is 54.1 Å². The summed E-state index contributed by atoms with van der Waals surface area (Å²) in [7, 11) is 6.57. The van der Waals surface area contributed by atoms with E-state index in [4.69, 9.17) is 28.8 Å². The first-order valence-electron chi connectivity index (χ1n) is 10.7. The van der Waals surface area contributed by atoms with E-state index in [2.05, 4.69) is 6.07 Å². The number of rotatable bonds is 6. The van der Waals surface area contributed by atoms with Crippen LogP contribution in [0.4, 0.5) is 0 Å². The van der Waals surface area contributed by atoms with Crippen LogP contribution in [0.25, 0.3) is 0 Å². The SMILES string of the molecule is COc1ccc(C2=NN3[C@H](C2)c2cccc(OC)c2O[C@H]3c2ccc(OC)c(OC)c2)cc1. The van der Waals surface area contributed by atoms with E-state index in [-0.39, 0.29) is 6.04 Å². The molecule has 0 aliphatic carbocycles. The molecule has 0 bridgehead atoms. The van der Waals surface area contributed by atoms with Crippen molar-refractivity contribution >= 4 is 5.71 Å². The number of hydrogen-bond acceptors (Lipinski definition) is 7. The summed E-state index contributed by atoms with van der Waals surface area (Å²) in [6.45, 7) is 0. The minimum Gasteiger partial charge on any atom is -0.497 e. The van der Waals surface area contributed by atoms with E-state index in [1.165, 1.54) is 0 Å². The molecule has 2 atom stereocenters. The molecule has 0 N–H and O–H groups in total. The molecule has 0 amide bonds. The van der Waals surface area contributed by atoms with Gasteiger partial charge in [-0.2, -0.15) is 5.10 Å². The number of ether oxygens (including phenoxy) is 5. The molecule has 7 heteroatoms. The average Bonchev–Trinajstić information content (AvgIpc) is 3.33. The molecule has 0 fully saturated rings. The lowest BCUT2D eigenvalue weighted by molar-refractivity contribution is -0.0210. The molecule has 5 rings (SSSR count). The van der Waals surface area contributed by atoms with E-state index < -0.39 is 6.23 Å². The third-order valence-electron chi connectivity index (χ3n) is 6.12. The zero-order chi connectivity index (χ0) is 22.9. The van der Waals surface area contributed by atoms with Crippen LogP contribution >= 0.6 is 0 Å². The number of hydrogen-bond donors (Lipinski definition) is 0. The maximum absolute atomic E-state index is 6.53. The molecule has 2 aliphatic heterocycles.